The number of hydrogen-bond acceptors (Lipinski definition) is 1. The standard InChI is InChI=1S/C14H19ClO/c1-13(2,3)11-8-14(16,9-11)10-5-4-6-12(15)7-10/h4-7,11,16H,8-9H2,1-3H3. The lowest BCUT2D eigenvalue weighted by atomic mass is 9.58. The van der Waals surface area contributed by atoms with E-state index in [1.54, 1.807) is 0 Å². The number of halogens is 1. The quantitative estimate of drug-likeness (QED) is 0.785. The largest absolute Gasteiger partial charge is 0.385 e. The summed E-state index contributed by atoms with van der Waals surface area (Å²) in [7, 11) is 0. The van der Waals surface area contributed by atoms with Crippen molar-refractivity contribution in [2.45, 2.75) is 39.2 Å². The average molecular weight is 239 g/mol. The van der Waals surface area contributed by atoms with Crippen LogP contribution in [0.3, 0.4) is 0 Å². The lowest BCUT2D eigenvalue weighted by Crippen LogP contribution is -2.46. The highest BCUT2D eigenvalue weighted by Gasteiger charge is 2.48. The molecule has 0 spiro atoms. The molecule has 1 fully saturated rings. The van der Waals surface area contributed by atoms with Gasteiger partial charge in [-0.3, -0.25) is 0 Å². The Hall–Kier alpha value is -0.530. The number of aliphatic hydroxyl groups is 1. The van der Waals surface area contributed by atoms with E-state index >= 15 is 0 Å². The highest BCUT2D eigenvalue weighted by atomic mass is 35.5. The minimum Gasteiger partial charge on any atom is -0.385 e. The zero-order valence-corrected chi connectivity index (χ0v) is 10.9. The van der Waals surface area contributed by atoms with Crippen molar-refractivity contribution in [3.8, 4) is 0 Å². The third kappa shape index (κ3) is 2.11. The van der Waals surface area contributed by atoms with Crippen LogP contribution >= 0.6 is 11.6 Å². The van der Waals surface area contributed by atoms with Crippen molar-refractivity contribution in [2.24, 2.45) is 11.3 Å². The van der Waals surface area contributed by atoms with Gasteiger partial charge in [0.1, 0.15) is 0 Å². The zero-order chi connectivity index (χ0) is 12.0. The Morgan fingerprint density at radius 2 is 1.94 bits per heavy atom. The molecule has 1 aliphatic carbocycles. The maximum absolute atomic E-state index is 10.5. The molecule has 0 bridgehead atoms. The fraction of sp³-hybridized carbons (Fsp3) is 0.571. The van der Waals surface area contributed by atoms with Crippen LogP contribution in [-0.2, 0) is 5.60 Å². The lowest BCUT2D eigenvalue weighted by Gasteiger charge is -2.50. The maximum atomic E-state index is 10.5. The molecule has 0 unspecified atom stereocenters. The van der Waals surface area contributed by atoms with E-state index in [4.69, 9.17) is 11.6 Å². The molecule has 1 nitrogen and oxygen atoms in total. The second-order valence-corrected chi connectivity index (χ2v) is 6.45. The smallest absolute Gasteiger partial charge is 0.0902 e. The van der Waals surface area contributed by atoms with Gasteiger partial charge in [-0.05, 0) is 41.9 Å². The second-order valence-electron chi connectivity index (χ2n) is 6.01. The maximum Gasteiger partial charge on any atom is 0.0902 e. The van der Waals surface area contributed by atoms with Crippen LogP contribution in [0.4, 0.5) is 0 Å². The normalized spacial score (nSPS) is 29.9. The van der Waals surface area contributed by atoms with E-state index in [9.17, 15) is 5.11 Å². The van der Waals surface area contributed by atoms with Crippen LogP contribution in [0.25, 0.3) is 0 Å². The first-order valence-electron chi connectivity index (χ1n) is 5.80. The molecule has 1 aromatic carbocycles. The molecule has 0 aromatic heterocycles. The molecule has 1 N–H and O–H groups in total. The second kappa shape index (κ2) is 3.75. The summed E-state index contributed by atoms with van der Waals surface area (Å²) >= 11 is 5.95. The third-order valence-corrected chi connectivity index (χ3v) is 3.99. The molecule has 0 aliphatic heterocycles. The van der Waals surface area contributed by atoms with E-state index in [-0.39, 0.29) is 5.41 Å². The molecule has 0 radical (unpaired) electrons. The molecule has 1 saturated carbocycles. The Morgan fingerprint density at radius 3 is 2.44 bits per heavy atom. The van der Waals surface area contributed by atoms with Crippen molar-refractivity contribution in [3.63, 3.8) is 0 Å². The van der Waals surface area contributed by atoms with Crippen molar-refractivity contribution < 1.29 is 5.11 Å². The Balaban J connectivity index is 2.14. The minimum atomic E-state index is -0.650. The monoisotopic (exact) mass is 238 g/mol. The van der Waals surface area contributed by atoms with Gasteiger partial charge in [-0.2, -0.15) is 0 Å². The van der Waals surface area contributed by atoms with Gasteiger partial charge in [0.2, 0.25) is 0 Å². The van der Waals surface area contributed by atoms with Gasteiger partial charge in [0.05, 0.1) is 5.60 Å². The molecule has 88 valence electrons. The molecule has 0 saturated heterocycles. The number of rotatable bonds is 1. The molecule has 1 aliphatic rings. The van der Waals surface area contributed by atoms with Gasteiger partial charge in [0.25, 0.3) is 0 Å². The first kappa shape index (κ1) is 11.9. The van der Waals surface area contributed by atoms with Gasteiger partial charge in [0, 0.05) is 5.02 Å². The molecular formula is C14H19ClO. The minimum absolute atomic E-state index is 0.283. The average Bonchev–Trinajstić information content (AvgIpc) is 2.11. The van der Waals surface area contributed by atoms with E-state index < -0.39 is 5.60 Å². The van der Waals surface area contributed by atoms with Gasteiger partial charge >= 0.3 is 0 Å². The Labute approximate surface area is 102 Å². The molecule has 2 rings (SSSR count). The molecule has 0 amide bonds. The van der Waals surface area contributed by atoms with Gasteiger partial charge in [-0.25, -0.2) is 0 Å². The first-order chi connectivity index (χ1) is 7.31. The van der Waals surface area contributed by atoms with E-state index in [0.29, 0.717) is 10.9 Å². The van der Waals surface area contributed by atoms with Crippen LogP contribution in [0.1, 0.15) is 39.2 Å². The summed E-state index contributed by atoms with van der Waals surface area (Å²) < 4.78 is 0. The van der Waals surface area contributed by atoms with Crippen molar-refractivity contribution in [3.05, 3.63) is 34.9 Å². The van der Waals surface area contributed by atoms with Gasteiger partial charge in [-0.15, -0.1) is 0 Å². The van der Waals surface area contributed by atoms with Crippen LogP contribution in [0.15, 0.2) is 24.3 Å². The van der Waals surface area contributed by atoms with Crippen molar-refractivity contribution in [1.29, 1.82) is 0 Å². The SMILES string of the molecule is CC(C)(C)C1CC(O)(c2cccc(Cl)c2)C1. The van der Waals surface area contributed by atoms with E-state index in [1.807, 2.05) is 24.3 Å². The van der Waals surface area contributed by atoms with Crippen LogP contribution in [-0.4, -0.2) is 5.11 Å². The van der Waals surface area contributed by atoms with E-state index in [0.717, 1.165) is 18.4 Å². The van der Waals surface area contributed by atoms with Gasteiger partial charge < -0.3 is 5.11 Å². The zero-order valence-electron chi connectivity index (χ0n) is 10.1. The summed E-state index contributed by atoms with van der Waals surface area (Å²) in [6.45, 7) is 6.69. The summed E-state index contributed by atoms with van der Waals surface area (Å²) in [6.07, 6.45) is 1.69. The van der Waals surface area contributed by atoms with Crippen LogP contribution in [0, 0.1) is 11.3 Å². The summed E-state index contributed by atoms with van der Waals surface area (Å²) in [5, 5.41) is 11.2. The first-order valence-corrected chi connectivity index (χ1v) is 6.17. The highest BCUT2D eigenvalue weighted by molar-refractivity contribution is 6.30. The molecular weight excluding hydrogens is 220 g/mol. The Kier molecular flexibility index (Phi) is 2.80. The Bertz CT molecular complexity index is 386. The molecule has 0 atom stereocenters. The fourth-order valence-corrected chi connectivity index (χ4v) is 2.57. The summed E-state index contributed by atoms with van der Waals surface area (Å²) in [5.41, 5.74) is 0.591. The molecule has 16 heavy (non-hydrogen) atoms. The molecule has 1 aromatic rings. The topological polar surface area (TPSA) is 20.2 Å². The molecule has 2 heteroatoms. The summed E-state index contributed by atoms with van der Waals surface area (Å²) in [4.78, 5) is 0. The van der Waals surface area contributed by atoms with Crippen molar-refractivity contribution in [1.82, 2.24) is 0 Å². The Morgan fingerprint density at radius 1 is 1.31 bits per heavy atom. The van der Waals surface area contributed by atoms with Crippen LogP contribution < -0.4 is 0 Å². The highest BCUT2D eigenvalue weighted by Crippen LogP contribution is 2.52. The van der Waals surface area contributed by atoms with Gasteiger partial charge in [-0.1, -0.05) is 44.5 Å². The lowest BCUT2D eigenvalue weighted by molar-refractivity contribution is -0.112. The van der Waals surface area contributed by atoms with Crippen molar-refractivity contribution >= 4 is 11.6 Å². The van der Waals surface area contributed by atoms with Crippen molar-refractivity contribution in [2.75, 3.05) is 0 Å². The fourth-order valence-electron chi connectivity index (χ4n) is 2.38. The molecule has 0 heterocycles. The number of hydrogen-bond donors (Lipinski definition) is 1. The van der Waals surface area contributed by atoms with E-state index in [1.165, 1.54) is 0 Å². The van der Waals surface area contributed by atoms with Gasteiger partial charge in [0.15, 0.2) is 0 Å². The van der Waals surface area contributed by atoms with E-state index in [2.05, 4.69) is 20.8 Å². The predicted octanol–water partition coefficient (Wildman–Crippen LogP) is 3.98. The third-order valence-electron chi connectivity index (χ3n) is 3.75. The predicted molar refractivity (Wildman–Crippen MR) is 67.5 cm³/mol. The number of benzene rings is 1. The van der Waals surface area contributed by atoms with Crippen LogP contribution in [0.5, 0.6) is 0 Å². The summed E-state index contributed by atoms with van der Waals surface area (Å²) in [6, 6.07) is 7.58. The summed E-state index contributed by atoms with van der Waals surface area (Å²) in [5.74, 6) is 0.594. The van der Waals surface area contributed by atoms with Crippen LogP contribution in [0.2, 0.25) is 5.02 Å².